The van der Waals surface area contributed by atoms with Crippen LogP contribution in [0.5, 0.6) is 0 Å². The fourth-order valence-electron chi connectivity index (χ4n) is 3.23. The monoisotopic (exact) mass is 324 g/mol. The van der Waals surface area contributed by atoms with Crippen molar-refractivity contribution in [3.05, 3.63) is 58.7 Å². The molecule has 112 valence electrons. The van der Waals surface area contributed by atoms with E-state index >= 15 is 0 Å². The minimum atomic E-state index is 0. The molecule has 0 aromatic heterocycles. The predicted molar refractivity (Wildman–Crippen MR) is 77.4 cm³/mol. The molecule has 0 atom stereocenters. The molecule has 0 saturated heterocycles. The maximum Gasteiger partial charge on any atom is 4.00 e. The van der Waals surface area contributed by atoms with Crippen LogP contribution in [0.1, 0.15) is 47.9 Å². The molecule has 0 N–H and O–H groups in total. The molecule has 0 heterocycles. The summed E-state index contributed by atoms with van der Waals surface area (Å²) in [5, 5.41) is 0. The Morgan fingerprint density at radius 3 is 1.38 bits per heavy atom. The van der Waals surface area contributed by atoms with Gasteiger partial charge in [0.1, 0.15) is 0 Å². The Labute approximate surface area is 141 Å². The van der Waals surface area contributed by atoms with Crippen molar-refractivity contribution < 1.29 is 31.1 Å². The fourth-order valence-corrected chi connectivity index (χ4v) is 3.23. The molecular formula is C18H22F2Ti. The second-order valence-corrected chi connectivity index (χ2v) is 5.57. The number of hydrogen-bond donors (Lipinski definition) is 0. The summed E-state index contributed by atoms with van der Waals surface area (Å²) >= 11 is 0. The third-order valence-electron chi connectivity index (χ3n) is 4.30. The molecule has 0 aliphatic heterocycles. The molecule has 4 rings (SSSR count). The van der Waals surface area contributed by atoms with Crippen LogP contribution in [0.25, 0.3) is 0 Å². The topological polar surface area (TPSA) is 0 Å². The number of aryl methyl sites for hydroxylation is 4. The van der Waals surface area contributed by atoms with Crippen LogP contribution >= 0.6 is 0 Å². The van der Waals surface area contributed by atoms with Gasteiger partial charge in [-0.3, -0.25) is 0 Å². The number of hydrogen-bond acceptors (Lipinski definition) is 0. The molecule has 3 heteroatoms. The van der Waals surface area contributed by atoms with Crippen LogP contribution in [0, 0.1) is 0 Å². The van der Waals surface area contributed by atoms with Gasteiger partial charge in [-0.25, -0.2) is 12.1 Å². The summed E-state index contributed by atoms with van der Waals surface area (Å²) in [6.45, 7) is 0. The first-order chi connectivity index (χ1) is 8.93. The Kier molecular flexibility index (Phi) is 9.73. The summed E-state index contributed by atoms with van der Waals surface area (Å²) < 4.78 is 0. The largest absolute Gasteiger partial charge is 4.00 e. The van der Waals surface area contributed by atoms with Crippen LogP contribution in [0.15, 0.2) is 36.4 Å². The zero-order valence-corrected chi connectivity index (χ0v) is 13.9. The second-order valence-electron chi connectivity index (χ2n) is 5.57. The Balaban J connectivity index is 0.000000333. The van der Waals surface area contributed by atoms with Gasteiger partial charge in [0.05, 0.1) is 0 Å². The molecule has 0 radical (unpaired) electrons. The van der Waals surface area contributed by atoms with E-state index < -0.39 is 0 Å². The van der Waals surface area contributed by atoms with E-state index in [1.807, 2.05) is 0 Å². The molecule has 0 fully saturated rings. The predicted octanol–water partition coefficient (Wildman–Crippen LogP) is -1.43. The molecule has 0 unspecified atom stereocenters. The fraction of sp³-hybridized carbons (Fsp3) is 0.444. The molecule has 0 saturated carbocycles. The van der Waals surface area contributed by atoms with E-state index in [2.05, 4.69) is 36.4 Å². The van der Waals surface area contributed by atoms with Crippen LogP contribution < -0.4 is 9.41 Å². The number of rotatable bonds is 0. The zero-order valence-electron chi connectivity index (χ0n) is 12.4. The van der Waals surface area contributed by atoms with Crippen molar-refractivity contribution in [3.8, 4) is 0 Å². The van der Waals surface area contributed by atoms with E-state index in [1.165, 1.54) is 51.4 Å². The van der Waals surface area contributed by atoms with Gasteiger partial charge in [-0.15, -0.1) is 0 Å². The third-order valence-corrected chi connectivity index (χ3v) is 4.30. The Morgan fingerprint density at radius 2 is 1.00 bits per heavy atom. The first kappa shape index (κ1) is 20.3. The molecule has 2 aromatic rings. The van der Waals surface area contributed by atoms with Gasteiger partial charge in [0.15, 0.2) is 0 Å². The van der Waals surface area contributed by atoms with Gasteiger partial charge in [-0.2, -0.15) is 46.5 Å². The third kappa shape index (κ3) is 5.19. The van der Waals surface area contributed by atoms with Crippen molar-refractivity contribution >= 4 is 0 Å². The van der Waals surface area contributed by atoms with E-state index in [4.69, 9.17) is 0 Å². The van der Waals surface area contributed by atoms with Gasteiger partial charge in [-0.05, 0) is 0 Å². The number of halogens is 2. The quantitative estimate of drug-likeness (QED) is 0.412. The maximum absolute atomic E-state index is 2.26. The van der Waals surface area contributed by atoms with Crippen molar-refractivity contribution in [2.24, 2.45) is 0 Å². The second kappa shape index (κ2) is 10.1. The molecule has 0 bridgehead atoms. The van der Waals surface area contributed by atoms with Crippen molar-refractivity contribution in [2.75, 3.05) is 0 Å². The van der Waals surface area contributed by atoms with Gasteiger partial charge in [0.25, 0.3) is 0 Å². The van der Waals surface area contributed by atoms with E-state index in [9.17, 15) is 0 Å². The van der Waals surface area contributed by atoms with E-state index in [0.717, 1.165) is 0 Å². The standard InChI is InChI=1S/2C9H11.2FH.Ti/c2*1-2-5-9-7-3-6-8(9)4-1;;;/h2*3,6-7H,1-2,4-5H2;2*1H;/q2*-1;;;+4/p-2. The SMILES string of the molecule is [F-].[F-].[Ti+4].c1cc2c([cH-]1)CCCC2.c1cc2c([cH-]1)CCCC2. The van der Waals surface area contributed by atoms with Crippen molar-refractivity contribution in [1.82, 2.24) is 0 Å². The van der Waals surface area contributed by atoms with Crippen molar-refractivity contribution in [1.29, 1.82) is 0 Å². The molecule has 2 aromatic carbocycles. The van der Waals surface area contributed by atoms with E-state index in [0.29, 0.717) is 0 Å². The molecule has 0 spiro atoms. The summed E-state index contributed by atoms with van der Waals surface area (Å²) in [7, 11) is 0. The summed E-state index contributed by atoms with van der Waals surface area (Å²) in [5.74, 6) is 0. The van der Waals surface area contributed by atoms with Crippen molar-refractivity contribution in [3.63, 3.8) is 0 Å². The molecule has 21 heavy (non-hydrogen) atoms. The zero-order chi connectivity index (χ0) is 12.2. The maximum atomic E-state index is 2.26. The molecule has 0 amide bonds. The average molecular weight is 324 g/mol. The Hall–Kier alpha value is -0.726. The Bertz CT molecular complexity index is 412. The van der Waals surface area contributed by atoms with Crippen LogP contribution in [0.4, 0.5) is 0 Å². The van der Waals surface area contributed by atoms with Crippen LogP contribution in [-0.4, -0.2) is 0 Å². The van der Waals surface area contributed by atoms with Gasteiger partial charge in [0, 0.05) is 0 Å². The molecule has 2 aliphatic carbocycles. The average Bonchev–Trinajstić information content (AvgIpc) is 3.08. The molecular weight excluding hydrogens is 302 g/mol. The number of fused-ring (bicyclic) bond motifs is 2. The summed E-state index contributed by atoms with van der Waals surface area (Å²) in [5.41, 5.74) is 6.39. The first-order valence-corrected chi connectivity index (χ1v) is 7.40. The normalized spacial score (nSPS) is 14.9. The van der Waals surface area contributed by atoms with Gasteiger partial charge in [0.2, 0.25) is 0 Å². The minimum absolute atomic E-state index is 0. The Morgan fingerprint density at radius 1 is 0.619 bits per heavy atom. The van der Waals surface area contributed by atoms with E-state index in [1.54, 1.807) is 22.3 Å². The van der Waals surface area contributed by atoms with Crippen molar-refractivity contribution in [2.45, 2.75) is 51.4 Å². The van der Waals surface area contributed by atoms with Crippen LogP contribution in [0.2, 0.25) is 0 Å². The smallest absolute Gasteiger partial charge is 1.00 e. The van der Waals surface area contributed by atoms with Crippen LogP contribution in [-0.2, 0) is 47.4 Å². The molecule has 2 aliphatic rings. The minimum Gasteiger partial charge on any atom is -1.00 e. The molecule has 0 nitrogen and oxygen atoms in total. The summed E-state index contributed by atoms with van der Waals surface area (Å²) in [4.78, 5) is 0. The van der Waals surface area contributed by atoms with Gasteiger partial charge < -0.3 is 9.41 Å². The van der Waals surface area contributed by atoms with Gasteiger partial charge >= 0.3 is 21.7 Å². The van der Waals surface area contributed by atoms with Crippen LogP contribution in [0.3, 0.4) is 0 Å². The summed E-state index contributed by atoms with van der Waals surface area (Å²) in [6.07, 6.45) is 10.9. The van der Waals surface area contributed by atoms with Gasteiger partial charge in [-0.1, -0.05) is 51.4 Å². The van der Waals surface area contributed by atoms with E-state index in [-0.39, 0.29) is 31.1 Å². The summed E-state index contributed by atoms with van der Waals surface area (Å²) in [6, 6.07) is 13.4. The first-order valence-electron chi connectivity index (χ1n) is 7.40.